The van der Waals surface area contributed by atoms with Crippen molar-refractivity contribution in [2.75, 3.05) is 7.05 Å². The Morgan fingerprint density at radius 2 is 1.81 bits per heavy atom. The highest BCUT2D eigenvalue weighted by atomic mass is 16.5. The van der Waals surface area contributed by atoms with Gasteiger partial charge in [0.2, 0.25) is 5.88 Å². The molecule has 1 aromatic heterocycles. The van der Waals surface area contributed by atoms with Crippen LogP contribution in [0.2, 0.25) is 0 Å². The van der Waals surface area contributed by atoms with Gasteiger partial charge in [-0.3, -0.25) is 0 Å². The van der Waals surface area contributed by atoms with Gasteiger partial charge in [0.15, 0.2) is 0 Å². The predicted octanol–water partition coefficient (Wildman–Crippen LogP) is 4.06. The molecule has 0 aliphatic heterocycles. The Bertz CT molecular complexity index is 567. The Morgan fingerprint density at radius 1 is 1.10 bits per heavy atom. The predicted molar refractivity (Wildman–Crippen MR) is 86.6 cm³/mol. The van der Waals surface area contributed by atoms with Gasteiger partial charge >= 0.3 is 0 Å². The Labute approximate surface area is 127 Å². The molecule has 3 heteroatoms. The van der Waals surface area contributed by atoms with Crippen LogP contribution >= 0.6 is 0 Å². The molecule has 0 spiro atoms. The summed E-state index contributed by atoms with van der Waals surface area (Å²) in [6.07, 6.45) is -0.0106. The smallest absolute Gasteiger partial charge is 0.214 e. The first-order valence-electron chi connectivity index (χ1n) is 7.47. The molecule has 1 aromatic carbocycles. The lowest BCUT2D eigenvalue weighted by Gasteiger charge is -2.17. The molecule has 112 valence electrons. The number of nitrogens with zero attached hydrogens (tertiary/aromatic N) is 1. The number of rotatable bonds is 6. The van der Waals surface area contributed by atoms with Crippen LogP contribution in [0.4, 0.5) is 0 Å². The molecule has 1 unspecified atom stereocenters. The molecule has 0 aliphatic rings. The van der Waals surface area contributed by atoms with Crippen LogP contribution in [0.3, 0.4) is 0 Å². The quantitative estimate of drug-likeness (QED) is 0.868. The first-order valence-corrected chi connectivity index (χ1v) is 7.47. The van der Waals surface area contributed by atoms with Gasteiger partial charge in [0.25, 0.3) is 0 Å². The highest BCUT2D eigenvalue weighted by Crippen LogP contribution is 2.24. The van der Waals surface area contributed by atoms with E-state index >= 15 is 0 Å². The lowest BCUT2D eigenvalue weighted by molar-refractivity contribution is 0.216. The second-order valence-electron chi connectivity index (χ2n) is 5.59. The molecule has 0 saturated heterocycles. The summed E-state index contributed by atoms with van der Waals surface area (Å²) in [6.45, 7) is 7.17. The van der Waals surface area contributed by atoms with Crippen molar-refractivity contribution >= 4 is 0 Å². The van der Waals surface area contributed by atoms with Crippen LogP contribution in [-0.2, 0) is 6.54 Å². The fourth-order valence-electron chi connectivity index (χ4n) is 2.22. The maximum Gasteiger partial charge on any atom is 0.214 e. The summed E-state index contributed by atoms with van der Waals surface area (Å²) < 4.78 is 6.04. The molecule has 0 aliphatic carbocycles. The highest BCUT2D eigenvalue weighted by molar-refractivity contribution is 5.27. The van der Waals surface area contributed by atoms with E-state index < -0.39 is 0 Å². The van der Waals surface area contributed by atoms with Gasteiger partial charge in [0.1, 0.15) is 6.10 Å². The number of ether oxygens (including phenoxy) is 1. The summed E-state index contributed by atoms with van der Waals surface area (Å²) in [4.78, 5) is 4.63. The lowest BCUT2D eigenvalue weighted by atomic mass is 10.1. The van der Waals surface area contributed by atoms with Crippen molar-refractivity contribution in [2.45, 2.75) is 39.3 Å². The summed E-state index contributed by atoms with van der Waals surface area (Å²) in [5, 5.41) is 3.18. The largest absolute Gasteiger partial charge is 0.470 e. The van der Waals surface area contributed by atoms with E-state index in [2.05, 4.69) is 49.3 Å². The Hall–Kier alpha value is -1.87. The summed E-state index contributed by atoms with van der Waals surface area (Å²) in [6, 6.07) is 14.4. The van der Waals surface area contributed by atoms with Gasteiger partial charge in [-0.15, -0.1) is 0 Å². The van der Waals surface area contributed by atoms with Crippen molar-refractivity contribution in [1.29, 1.82) is 0 Å². The van der Waals surface area contributed by atoms with Crippen LogP contribution in [0.25, 0.3) is 0 Å². The minimum absolute atomic E-state index is 0.0106. The zero-order valence-corrected chi connectivity index (χ0v) is 13.3. The minimum Gasteiger partial charge on any atom is -0.470 e. The zero-order valence-electron chi connectivity index (χ0n) is 13.3. The molecule has 0 bridgehead atoms. The molecule has 3 nitrogen and oxygen atoms in total. The number of hydrogen-bond acceptors (Lipinski definition) is 3. The molecule has 1 atom stereocenters. The molecule has 0 amide bonds. The molecule has 1 heterocycles. The molecule has 21 heavy (non-hydrogen) atoms. The molecule has 0 fully saturated rings. The van der Waals surface area contributed by atoms with Gasteiger partial charge in [-0.2, -0.15) is 0 Å². The number of pyridine rings is 1. The standard InChI is InChI=1S/C18H24N2O/c1-13(2)17-10-15(12-19-4)11-18(20-17)21-14(3)16-8-6-5-7-9-16/h5-11,13-14,19H,12H2,1-4H3. The normalized spacial score (nSPS) is 12.4. The Morgan fingerprint density at radius 3 is 2.43 bits per heavy atom. The van der Waals surface area contributed by atoms with E-state index in [1.54, 1.807) is 0 Å². The summed E-state index contributed by atoms with van der Waals surface area (Å²) in [7, 11) is 1.95. The van der Waals surface area contributed by atoms with Crippen LogP contribution in [0.5, 0.6) is 5.88 Å². The van der Waals surface area contributed by atoms with Crippen LogP contribution in [0.1, 0.15) is 49.6 Å². The van der Waals surface area contributed by atoms with Crippen molar-refractivity contribution < 1.29 is 4.74 Å². The topological polar surface area (TPSA) is 34.1 Å². The van der Waals surface area contributed by atoms with Crippen LogP contribution in [-0.4, -0.2) is 12.0 Å². The summed E-state index contributed by atoms with van der Waals surface area (Å²) in [5.41, 5.74) is 3.42. The monoisotopic (exact) mass is 284 g/mol. The Kier molecular flexibility index (Phi) is 5.34. The third kappa shape index (κ3) is 4.30. The fourth-order valence-corrected chi connectivity index (χ4v) is 2.22. The van der Waals surface area contributed by atoms with Crippen molar-refractivity contribution in [3.8, 4) is 5.88 Å². The second kappa shape index (κ2) is 7.23. The van der Waals surface area contributed by atoms with E-state index in [0.717, 1.165) is 17.8 Å². The van der Waals surface area contributed by atoms with Gasteiger partial charge in [0.05, 0.1) is 0 Å². The average molecular weight is 284 g/mol. The van der Waals surface area contributed by atoms with Gasteiger partial charge in [-0.25, -0.2) is 4.98 Å². The number of nitrogens with one attached hydrogen (secondary N) is 1. The summed E-state index contributed by atoms with van der Waals surface area (Å²) >= 11 is 0. The fraction of sp³-hybridized carbons (Fsp3) is 0.389. The third-order valence-electron chi connectivity index (χ3n) is 3.42. The lowest BCUT2D eigenvalue weighted by Crippen LogP contribution is -2.09. The molecule has 2 rings (SSSR count). The molecule has 0 radical (unpaired) electrons. The third-order valence-corrected chi connectivity index (χ3v) is 3.42. The van der Waals surface area contributed by atoms with Crippen molar-refractivity contribution in [3.05, 3.63) is 59.3 Å². The SMILES string of the molecule is CNCc1cc(OC(C)c2ccccc2)nc(C(C)C)c1. The van der Waals surface area contributed by atoms with Crippen molar-refractivity contribution in [2.24, 2.45) is 0 Å². The van der Waals surface area contributed by atoms with Crippen molar-refractivity contribution in [3.63, 3.8) is 0 Å². The molecule has 2 aromatic rings. The first kappa shape index (κ1) is 15.5. The van der Waals surface area contributed by atoms with Crippen molar-refractivity contribution in [1.82, 2.24) is 10.3 Å². The van der Waals surface area contributed by atoms with E-state index in [4.69, 9.17) is 4.74 Å². The molecule has 1 N–H and O–H groups in total. The molecular formula is C18H24N2O. The maximum absolute atomic E-state index is 6.04. The van der Waals surface area contributed by atoms with E-state index in [1.807, 2.05) is 31.3 Å². The van der Waals surface area contributed by atoms with E-state index in [9.17, 15) is 0 Å². The van der Waals surface area contributed by atoms with Gasteiger partial charge in [-0.05, 0) is 37.1 Å². The van der Waals surface area contributed by atoms with Gasteiger partial charge in [0, 0.05) is 18.3 Å². The number of benzene rings is 1. The minimum atomic E-state index is -0.0106. The molecular weight excluding hydrogens is 260 g/mol. The second-order valence-corrected chi connectivity index (χ2v) is 5.59. The molecule has 0 saturated carbocycles. The number of hydrogen-bond donors (Lipinski definition) is 1. The average Bonchev–Trinajstić information content (AvgIpc) is 2.48. The van der Waals surface area contributed by atoms with E-state index in [-0.39, 0.29) is 6.10 Å². The van der Waals surface area contributed by atoms with E-state index in [1.165, 1.54) is 5.56 Å². The van der Waals surface area contributed by atoms with Gasteiger partial charge < -0.3 is 10.1 Å². The van der Waals surface area contributed by atoms with Crippen LogP contribution in [0, 0.1) is 0 Å². The Balaban J connectivity index is 2.22. The first-order chi connectivity index (χ1) is 10.1. The zero-order chi connectivity index (χ0) is 15.2. The van der Waals surface area contributed by atoms with Crippen LogP contribution in [0.15, 0.2) is 42.5 Å². The van der Waals surface area contributed by atoms with Crippen LogP contribution < -0.4 is 10.1 Å². The summed E-state index contributed by atoms with van der Waals surface area (Å²) in [5.74, 6) is 1.08. The highest BCUT2D eigenvalue weighted by Gasteiger charge is 2.11. The van der Waals surface area contributed by atoms with Gasteiger partial charge in [-0.1, -0.05) is 44.2 Å². The van der Waals surface area contributed by atoms with E-state index in [0.29, 0.717) is 11.8 Å². The maximum atomic E-state index is 6.04. The number of aromatic nitrogens is 1.